The number of anilines is 1. The molecule has 210 valence electrons. The number of hydrogen-bond donors (Lipinski definition) is 1. The highest BCUT2D eigenvalue weighted by molar-refractivity contribution is 6.31. The molecule has 1 fully saturated rings. The van der Waals surface area contributed by atoms with Crippen molar-refractivity contribution in [1.29, 1.82) is 5.26 Å². The fraction of sp³-hybridized carbons (Fsp3) is 0.355. The quantitative estimate of drug-likeness (QED) is 0.289. The first kappa shape index (κ1) is 29.8. The molecule has 1 saturated heterocycles. The number of halogens is 4. The Hall–Kier alpha value is -3.18. The molecule has 4 rings (SSSR count). The molecule has 4 atom stereocenters. The predicted octanol–water partition coefficient (Wildman–Crippen LogP) is 7.65. The summed E-state index contributed by atoms with van der Waals surface area (Å²) >= 11 is 12.3. The van der Waals surface area contributed by atoms with Crippen molar-refractivity contribution in [2.45, 2.75) is 57.5 Å². The molecule has 9 heteroatoms. The van der Waals surface area contributed by atoms with Gasteiger partial charge >= 0.3 is 0 Å². The summed E-state index contributed by atoms with van der Waals surface area (Å²) in [6.45, 7) is 7.88. The van der Waals surface area contributed by atoms with E-state index in [0.717, 1.165) is 6.07 Å². The van der Waals surface area contributed by atoms with E-state index in [0.29, 0.717) is 18.5 Å². The number of phenols is 1. The molecule has 1 amide bonds. The number of likely N-dealkylation sites (tertiary alicyclic amines) is 1. The Morgan fingerprint density at radius 2 is 1.82 bits per heavy atom. The van der Waals surface area contributed by atoms with Gasteiger partial charge in [-0.1, -0.05) is 68.2 Å². The minimum absolute atomic E-state index is 0.00614. The second-order valence-electron chi connectivity index (χ2n) is 11.5. The highest BCUT2D eigenvalue weighted by Gasteiger charge is 2.62. The van der Waals surface area contributed by atoms with Gasteiger partial charge in [-0.15, -0.1) is 0 Å². The van der Waals surface area contributed by atoms with Gasteiger partial charge in [0.1, 0.15) is 22.8 Å². The molecule has 0 saturated carbocycles. The first-order valence-corrected chi connectivity index (χ1v) is 13.7. The number of carbonyl (C=O) groups excluding carboxylic acids is 1. The van der Waals surface area contributed by atoms with E-state index in [2.05, 4.69) is 6.07 Å². The van der Waals surface area contributed by atoms with Crippen molar-refractivity contribution < 1.29 is 18.7 Å². The van der Waals surface area contributed by atoms with Gasteiger partial charge in [0, 0.05) is 40.3 Å². The van der Waals surface area contributed by atoms with E-state index in [1.807, 2.05) is 32.6 Å². The molecule has 3 aromatic rings. The van der Waals surface area contributed by atoms with E-state index in [4.69, 9.17) is 23.2 Å². The number of amides is 1. The Bertz CT molecular complexity index is 1460. The Kier molecular flexibility index (Phi) is 8.46. The number of benzene rings is 3. The fourth-order valence-electron chi connectivity index (χ4n) is 6.08. The lowest BCUT2D eigenvalue weighted by Gasteiger charge is -2.40. The van der Waals surface area contributed by atoms with E-state index >= 15 is 8.78 Å². The van der Waals surface area contributed by atoms with Crippen molar-refractivity contribution in [3.05, 3.63) is 93.5 Å². The van der Waals surface area contributed by atoms with Crippen molar-refractivity contribution in [1.82, 2.24) is 4.90 Å². The minimum atomic E-state index is -1.58. The second kappa shape index (κ2) is 11.4. The molecule has 0 bridgehead atoms. The number of hydrogen-bond acceptors (Lipinski definition) is 4. The molecule has 0 radical (unpaired) electrons. The number of rotatable bonds is 7. The van der Waals surface area contributed by atoms with Gasteiger partial charge in [-0.05, 0) is 54.7 Å². The van der Waals surface area contributed by atoms with Gasteiger partial charge in [0.25, 0.3) is 0 Å². The summed E-state index contributed by atoms with van der Waals surface area (Å²) in [6.07, 6.45) is 1.05. The second-order valence-corrected chi connectivity index (χ2v) is 12.3. The maximum atomic E-state index is 15.8. The first-order chi connectivity index (χ1) is 18.8. The van der Waals surface area contributed by atoms with Crippen LogP contribution in [0.5, 0.6) is 5.75 Å². The van der Waals surface area contributed by atoms with Crippen LogP contribution in [0.3, 0.4) is 0 Å². The molecule has 3 aromatic carbocycles. The summed E-state index contributed by atoms with van der Waals surface area (Å²) in [5.74, 6) is -2.23. The van der Waals surface area contributed by atoms with E-state index < -0.39 is 35.1 Å². The number of phenolic OH excluding ortho intramolecular Hbond substituents is 1. The predicted molar refractivity (Wildman–Crippen MR) is 154 cm³/mol. The van der Waals surface area contributed by atoms with Gasteiger partial charge in [0.15, 0.2) is 0 Å². The third kappa shape index (κ3) is 5.41. The smallest absolute Gasteiger partial charge is 0.215 e. The molecule has 0 spiro atoms. The molecule has 1 heterocycles. The van der Waals surface area contributed by atoms with Crippen LogP contribution < -0.4 is 4.90 Å². The molecule has 1 aliphatic heterocycles. The summed E-state index contributed by atoms with van der Waals surface area (Å²) in [6, 6.07) is 16.3. The Morgan fingerprint density at radius 3 is 2.42 bits per heavy atom. The van der Waals surface area contributed by atoms with Crippen LogP contribution >= 0.6 is 23.2 Å². The van der Waals surface area contributed by atoms with Crippen LogP contribution in [0.1, 0.15) is 51.2 Å². The average Bonchev–Trinajstić information content (AvgIpc) is 3.10. The molecule has 1 aliphatic rings. The normalized spacial score (nSPS) is 23.1. The largest absolute Gasteiger partial charge is 0.508 e. The third-order valence-electron chi connectivity index (χ3n) is 7.71. The lowest BCUT2D eigenvalue weighted by Crippen LogP contribution is -2.49. The molecule has 0 unspecified atom stereocenters. The maximum Gasteiger partial charge on any atom is 0.215 e. The minimum Gasteiger partial charge on any atom is -0.508 e. The average molecular weight is 587 g/mol. The third-order valence-corrected chi connectivity index (χ3v) is 8.24. The lowest BCUT2D eigenvalue weighted by atomic mass is 9.63. The Balaban J connectivity index is 2.00. The maximum absolute atomic E-state index is 15.8. The molecule has 1 N–H and O–H groups in total. The van der Waals surface area contributed by atoms with E-state index in [1.165, 1.54) is 35.2 Å². The zero-order valence-electron chi connectivity index (χ0n) is 22.7. The zero-order chi connectivity index (χ0) is 29.4. The van der Waals surface area contributed by atoms with Crippen molar-refractivity contribution in [3.63, 3.8) is 0 Å². The van der Waals surface area contributed by atoms with Gasteiger partial charge in [-0.3, -0.25) is 9.69 Å². The van der Waals surface area contributed by atoms with Crippen molar-refractivity contribution >= 4 is 35.3 Å². The Labute approximate surface area is 243 Å². The van der Waals surface area contributed by atoms with Gasteiger partial charge in [0.2, 0.25) is 6.41 Å². The highest BCUT2D eigenvalue weighted by Crippen LogP contribution is 2.56. The molecule has 0 aromatic heterocycles. The molecule has 40 heavy (non-hydrogen) atoms. The monoisotopic (exact) mass is 585 g/mol. The van der Waals surface area contributed by atoms with Gasteiger partial charge in [0.05, 0.1) is 17.8 Å². The van der Waals surface area contributed by atoms with Gasteiger partial charge < -0.3 is 10.0 Å². The lowest BCUT2D eigenvalue weighted by molar-refractivity contribution is -0.108. The van der Waals surface area contributed by atoms with Crippen LogP contribution in [0.15, 0.2) is 60.7 Å². The summed E-state index contributed by atoms with van der Waals surface area (Å²) in [7, 11) is 0. The summed E-state index contributed by atoms with van der Waals surface area (Å²) in [4.78, 5) is 15.7. The number of carbonyl (C=O) groups is 1. The van der Waals surface area contributed by atoms with Gasteiger partial charge in [-0.2, -0.15) is 5.26 Å². The van der Waals surface area contributed by atoms with Crippen LogP contribution in [-0.2, 0) is 10.2 Å². The van der Waals surface area contributed by atoms with Crippen LogP contribution in [0.4, 0.5) is 14.5 Å². The van der Waals surface area contributed by atoms with Crippen LogP contribution in [0.25, 0.3) is 0 Å². The summed E-state index contributed by atoms with van der Waals surface area (Å²) < 4.78 is 31.6. The molecule has 5 nitrogen and oxygen atoms in total. The van der Waals surface area contributed by atoms with Crippen LogP contribution in [0.2, 0.25) is 10.0 Å². The topological polar surface area (TPSA) is 67.6 Å². The van der Waals surface area contributed by atoms with Crippen LogP contribution in [-0.4, -0.2) is 35.2 Å². The van der Waals surface area contributed by atoms with E-state index in [1.54, 1.807) is 24.3 Å². The van der Waals surface area contributed by atoms with Crippen molar-refractivity contribution in [2.24, 2.45) is 5.41 Å². The number of aromatic hydroxyl groups is 1. The molecular weight excluding hydrogens is 555 g/mol. The van der Waals surface area contributed by atoms with Crippen molar-refractivity contribution in [2.75, 3.05) is 11.6 Å². The first-order valence-electron chi connectivity index (χ1n) is 12.9. The van der Waals surface area contributed by atoms with E-state index in [-0.39, 0.29) is 39.0 Å². The standard InChI is InChI=1S/C31H31Cl2F2N3O2/c1-19-28(23-9-6-10-25(33)29(23)35)31(16-36,24-12-11-20(32)13-26(24)34)27(15-30(2,3)4)38(19)17-37(18-39)21-7-5-8-22(40)14-21/h5-14,18-19,27-28,40H,15,17H2,1-4H3/t19-,27-,28+,31-/m0/s1. The fourth-order valence-corrected chi connectivity index (χ4v) is 6.42. The summed E-state index contributed by atoms with van der Waals surface area (Å²) in [5, 5.41) is 21.2. The zero-order valence-corrected chi connectivity index (χ0v) is 24.2. The van der Waals surface area contributed by atoms with E-state index in [9.17, 15) is 15.2 Å². The summed E-state index contributed by atoms with van der Waals surface area (Å²) in [5.41, 5.74) is -1.20. The number of nitriles is 1. The molecule has 0 aliphatic carbocycles. The van der Waals surface area contributed by atoms with Gasteiger partial charge in [-0.25, -0.2) is 8.78 Å². The highest BCUT2D eigenvalue weighted by atomic mass is 35.5. The van der Waals surface area contributed by atoms with Crippen molar-refractivity contribution in [3.8, 4) is 11.8 Å². The molecular formula is C31H31Cl2F2N3O2. The number of nitrogens with zero attached hydrogens (tertiary/aromatic N) is 3. The Morgan fingerprint density at radius 1 is 1.12 bits per heavy atom. The SMILES string of the molecule is C[C@H]1[C@H](c2cccc(Cl)c2F)[C@@](C#N)(c2ccc(Cl)cc2F)[C@H](CC(C)(C)C)N1CN(C=O)c1cccc(O)c1. The van der Waals surface area contributed by atoms with Crippen LogP contribution in [0, 0.1) is 28.4 Å².